The molecule has 0 heterocycles. The molecule has 0 rings (SSSR count). The van der Waals surface area contributed by atoms with Crippen LogP contribution in [0.2, 0.25) is 0 Å². The third-order valence-corrected chi connectivity index (χ3v) is 19.9. The van der Waals surface area contributed by atoms with Gasteiger partial charge in [0.2, 0.25) is 5.91 Å². The average Bonchev–Trinajstić information content (AvgIpc) is 3.58. The van der Waals surface area contributed by atoms with Gasteiger partial charge >= 0.3 is 5.97 Å². The van der Waals surface area contributed by atoms with Crippen LogP contribution in [0, 0.1) is 0 Å². The summed E-state index contributed by atoms with van der Waals surface area (Å²) in [5.74, 6) is 0.00402. The van der Waals surface area contributed by atoms with E-state index in [1.54, 1.807) is 0 Å². The van der Waals surface area contributed by atoms with Crippen molar-refractivity contribution < 1.29 is 24.5 Å². The zero-order chi connectivity index (χ0) is 63.5. The Morgan fingerprint density at radius 1 is 0.273 bits per heavy atom. The molecule has 0 aliphatic heterocycles. The van der Waals surface area contributed by atoms with Crippen LogP contribution in [-0.2, 0) is 14.3 Å². The zero-order valence-corrected chi connectivity index (χ0v) is 60.5. The van der Waals surface area contributed by atoms with E-state index >= 15 is 0 Å². The molecule has 526 valence electrons. The number of carbonyl (C=O) groups is 2. The number of ether oxygens (including phenoxy) is 1. The predicted octanol–water partition coefficient (Wildman–Crippen LogP) is 27.3. The van der Waals surface area contributed by atoms with Gasteiger partial charge in [-0.15, -0.1) is 0 Å². The maximum absolute atomic E-state index is 12.6. The first-order valence-electron chi connectivity index (χ1n) is 41.3. The number of rotatable bonds is 79. The van der Waals surface area contributed by atoms with Gasteiger partial charge in [0.15, 0.2) is 0 Å². The maximum Gasteiger partial charge on any atom is 0.305 e. The highest BCUT2D eigenvalue weighted by Gasteiger charge is 2.20. The summed E-state index contributed by atoms with van der Waals surface area (Å²) in [6, 6.07) is -0.537. The Morgan fingerprint density at radius 2 is 0.466 bits per heavy atom. The van der Waals surface area contributed by atoms with Crippen LogP contribution in [0.15, 0.2) is 0 Å². The van der Waals surface area contributed by atoms with Gasteiger partial charge in [-0.25, -0.2) is 0 Å². The number of hydrogen-bond donors (Lipinski definition) is 3. The summed E-state index contributed by atoms with van der Waals surface area (Å²) < 4.78 is 5.51. The molecule has 0 aromatic heterocycles. The van der Waals surface area contributed by atoms with Crippen molar-refractivity contribution in [3.63, 3.8) is 0 Å². The van der Waals surface area contributed by atoms with Gasteiger partial charge in [0, 0.05) is 12.8 Å². The van der Waals surface area contributed by atoms with E-state index in [2.05, 4.69) is 19.2 Å². The van der Waals surface area contributed by atoms with E-state index < -0.39 is 12.1 Å². The van der Waals surface area contributed by atoms with E-state index in [-0.39, 0.29) is 18.5 Å². The minimum Gasteiger partial charge on any atom is -0.466 e. The summed E-state index contributed by atoms with van der Waals surface area (Å²) in [6.07, 6.45) is 97.9. The largest absolute Gasteiger partial charge is 0.466 e. The second-order valence-corrected chi connectivity index (χ2v) is 28.8. The smallest absolute Gasteiger partial charge is 0.305 e. The van der Waals surface area contributed by atoms with Crippen LogP contribution in [0.1, 0.15) is 489 Å². The molecule has 0 radical (unpaired) electrons. The second kappa shape index (κ2) is 78.3. The Morgan fingerprint density at radius 3 is 0.693 bits per heavy atom. The molecule has 6 heteroatoms. The fourth-order valence-corrected chi connectivity index (χ4v) is 13.6. The van der Waals surface area contributed by atoms with Gasteiger partial charge in [-0.05, 0) is 25.7 Å². The lowest BCUT2D eigenvalue weighted by atomic mass is 10.0. The lowest BCUT2D eigenvalue weighted by molar-refractivity contribution is -0.143. The zero-order valence-electron chi connectivity index (χ0n) is 60.5. The number of amides is 1. The maximum atomic E-state index is 12.6. The van der Waals surface area contributed by atoms with E-state index in [4.69, 9.17) is 4.74 Å². The number of carbonyl (C=O) groups excluding carboxylic acids is 2. The molecular formula is C82H163NO5. The molecule has 2 unspecified atom stereocenters. The SMILES string of the molecule is CCCCCCCCCCCCCCCCCCCCCCC(O)C(CO)NC(=O)CCCCCCCCCCCCCCCCCCCCCCCCCCCCCCCCCCCCCOC(=O)CCCCCCCCCCCCCCCCCC. The number of nitrogens with one attached hydrogen (secondary N) is 1. The molecular weight excluding hydrogens is 1080 g/mol. The van der Waals surface area contributed by atoms with E-state index in [1.807, 2.05) is 0 Å². The van der Waals surface area contributed by atoms with Crippen LogP contribution in [0.25, 0.3) is 0 Å². The third-order valence-electron chi connectivity index (χ3n) is 19.9. The molecule has 0 aliphatic carbocycles. The average molecular weight is 1240 g/mol. The molecule has 0 aliphatic rings. The molecule has 0 fully saturated rings. The van der Waals surface area contributed by atoms with Crippen molar-refractivity contribution in [1.82, 2.24) is 5.32 Å². The number of aliphatic hydroxyl groups is 2. The van der Waals surface area contributed by atoms with Gasteiger partial charge in [0.25, 0.3) is 0 Å². The van der Waals surface area contributed by atoms with E-state index in [9.17, 15) is 19.8 Å². The Kier molecular flexibility index (Phi) is 77.3. The van der Waals surface area contributed by atoms with Gasteiger partial charge in [-0.2, -0.15) is 0 Å². The van der Waals surface area contributed by atoms with Crippen molar-refractivity contribution in [3.05, 3.63) is 0 Å². The molecule has 0 aromatic rings. The topological polar surface area (TPSA) is 95.9 Å². The molecule has 3 N–H and O–H groups in total. The molecule has 0 bridgehead atoms. The van der Waals surface area contributed by atoms with Crippen LogP contribution >= 0.6 is 0 Å². The van der Waals surface area contributed by atoms with Crippen LogP contribution < -0.4 is 5.32 Å². The Bertz CT molecular complexity index is 1290. The van der Waals surface area contributed by atoms with Crippen LogP contribution in [0.5, 0.6) is 0 Å². The van der Waals surface area contributed by atoms with Gasteiger partial charge in [-0.1, -0.05) is 450 Å². The molecule has 88 heavy (non-hydrogen) atoms. The van der Waals surface area contributed by atoms with Crippen LogP contribution in [0.4, 0.5) is 0 Å². The fourth-order valence-electron chi connectivity index (χ4n) is 13.6. The molecule has 0 saturated carbocycles. The highest BCUT2D eigenvalue weighted by molar-refractivity contribution is 5.76. The molecule has 1 amide bonds. The van der Waals surface area contributed by atoms with Gasteiger partial charge in [-0.3, -0.25) is 9.59 Å². The summed E-state index contributed by atoms with van der Waals surface area (Å²) in [7, 11) is 0. The van der Waals surface area contributed by atoms with Crippen LogP contribution in [0.3, 0.4) is 0 Å². The number of aliphatic hydroxyl groups excluding tert-OH is 2. The van der Waals surface area contributed by atoms with Crippen LogP contribution in [-0.4, -0.2) is 47.4 Å². The van der Waals surface area contributed by atoms with Crippen molar-refractivity contribution in [3.8, 4) is 0 Å². The molecule has 2 atom stereocenters. The minimum atomic E-state index is -0.660. The Balaban J connectivity index is 3.29. The fraction of sp³-hybridized carbons (Fsp3) is 0.976. The van der Waals surface area contributed by atoms with Gasteiger partial charge < -0.3 is 20.3 Å². The van der Waals surface area contributed by atoms with E-state index in [0.717, 1.165) is 38.5 Å². The Hall–Kier alpha value is -1.14. The van der Waals surface area contributed by atoms with E-state index in [1.165, 1.54) is 417 Å². The summed E-state index contributed by atoms with van der Waals surface area (Å²) in [5.41, 5.74) is 0. The summed E-state index contributed by atoms with van der Waals surface area (Å²) in [4.78, 5) is 24.7. The monoisotopic (exact) mass is 1240 g/mol. The number of unbranched alkanes of at least 4 members (excludes halogenated alkanes) is 68. The first-order valence-corrected chi connectivity index (χ1v) is 41.3. The highest BCUT2D eigenvalue weighted by Crippen LogP contribution is 2.21. The molecule has 0 spiro atoms. The minimum absolute atomic E-state index is 0.0236. The van der Waals surface area contributed by atoms with Crippen molar-refractivity contribution in [2.45, 2.75) is 501 Å². The molecule has 0 saturated heterocycles. The lowest BCUT2D eigenvalue weighted by Gasteiger charge is -2.22. The van der Waals surface area contributed by atoms with Gasteiger partial charge in [0.05, 0.1) is 25.4 Å². The quantitative estimate of drug-likeness (QED) is 0.0417. The summed E-state index contributed by atoms with van der Waals surface area (Å²) in [5, 5.41) is 23.5. The first kappa shape index (κ1) is 86.9. The summed E-state index contributed by atoms with van der Waals surface area (Å²) in [6.45, 7) is 5.02. The van der Waals surface area contributed by atoms with E-state index in [0.29, 0.717) is 25.9 Å². The van der Waals surface area contributed by atoms with Crippen molar-refractivity contribution >= 4 is 11.9 Å². The highest BCUT2D eigenvalue weighted by atomic mass is 16.5. The first-order chi connectivity index (χ1) is 43.5. The lowest BCUT2D eigenvalue weighted by Crippen LogP contribution is -2.45. The predicted molar refractivity (Wildman–Crippen MR) is 389 cm³/mol. The van der Waals surface area contributed by atoms with Gasteiger partial charge in [0.1, 0.15) is 0 Å². The molecule has 6 nitrogen and oxygen atoms in total. The Labute approximate surface area is 553 Å². The summed E-state index contributed by atoms with van der Waals surface area (Å²) >= 11 is 0. The second-order valence-electron chi connectivity index (χ2n) is 28.8. The third kappa shape index (κ3) is 73.9. The number of esters is 1. The molecule has 0 aromatic carbocycles. The van der Waals surface area contributed by atoms with Crippen molar-refractivity contribution in [2.75, 3.05) is 13.2 Å². The van der Waals surface area contributed by atoms with Crippen molar-refractivity contribution in [1.29, 1.82) is 0 Å². The normalized spacial score (nSPS) is 12.4. The van der Waals surface area contributed by atoms with Crippen molar-refractivity contribution in [2.24, 2.45) is 0 Å². The standard InChI is InChI=1S/C82H163NO5/c1-3-5-7-9-11-13-15-17-19-21-22-40-43-46-50-54-58-62-66-70-74-80(85)79(78-84)83-81(86)75-71-67-63-59-55-51-47-44-41-38-36-34-32-30-28-26-24-23-25-27-29-31-33-35-37-39-42-45-49-53-57-61-65-69-73-77-88-82(87)76-72-68-64-60-56-52-48-20-18-16-14-12-10-8-6-4-2/h79-80,84-85H,3-78H2,1-2H3,(H,83,86). The number of hydrogen-bond acceptors (Lipinski definition) is 5.